The Morgan fingerprint density at radius 2 is 1.81 bits per heavy atom. The van der Waals surface area contributed by atoms with Crippen LogP contribution in [0.1, 0.15) is 5.56 Å². The molecule has 0 saturated heterocycles. The van der Waals surface area contributed by atoms with Crippen LogP contribution in [0.15, 0.2) is 54.9 Å². The standard InChI is InChI=1S/C18H16N4O4/c1-24-16-8-9-17(25-2)13(11-16)3-10-18(23)26-15-6-4-14(5-7-15)22-12-19-20-21-22/h3-12H,1-2H3/b10-3+. The number of carbonyl (C=O) groups is 1. The molecule has 8 heteroatoms. The number of carbonyl (C=O) groups excluding carboxylic acids is 1. The molecule has 0 N–H and O–H groups in total. The van der Waals surface area contributed by atoms with Crippen LogP contribution in [-0.4, -0.2) is 40.4 Å². The minimum Gasteiger partial charge on any atom is -0.497 e. The second-order valence-electron chi connectivity index (χ2n) is 5.11. The SMILES string of the molecule is COc1ccc(OC)c(/C=C/C(=O)Oc2ccc(-n3cnnn3)cc2)c1. The summed E-state index contributed by atoms with van der Waals surface area (Å²) in [6, 6.07) is 12.1. The van der Waals surface area contributed by atoms with E-state index < -0.39 is 5.97 Å². The fourth-order valence-corrected chi connectivity index (χ4v) is 2.22. The molecule has 0 radical (unpaired) electrons. The van der Waals surface area contributed by atoms with E-state index in [1.165, 1.54) is 17.1 Å². The fourth-order valence-electron chi connectivity index (χ4n) is 2.22. The summed E-state index contributed by atoms with van der Waals surface area (Å²) in [5.74, 6) is 1.19. The molecule has 1 heterocycles. The summed E-state index contributed by atoms with van der Waals surface area (Å²) >= 11 is 0. The summed E-state index contributed by atoms with van der Waals surface area (Å²) in [4.78, 5) is 12.0. The fraction of sp³-hybridized carbons (Fsp3) is 0.111. The molecule has 0 spiro atoms. The van der Waals surface area contributed by atoms with Gasteiger partial charge in [-0.2, -0.15) is 0 Å². The van der Waals surface area contributed by atoms with Gasteiger partial charge >= 0.3 is 5.97 Å². The largest absolute Gasteiger partial charge is 0.497 e. The van der Waals surface area contributed by atoms with Crippen molar-refractivity contribution in [2.75, 3.05) is 14.2 Å². The highest BCUT2D eigenvalue weighted by Gasteiger charge is 2.05. The second-order valence-corrected chi connectivity index (χ2v) is 5.11. The maximum Gasteiger partial charge on any atom is 0.336 e. The molecule has 3 aromatic rings. The maximum absolute atomic E-state index is 12.0. The predicted molar refractivity (Wildman–Crippen MR) is 93.4 cm³/mol. The Morgan fingerprint density at radius 3 is 2.46 bits per heavy atom. The molecule has 0 atom stereocenters. The molecule has 0 aliphatic heterocycles. The Kier molecular flexibility index (Phi) is 5.23. The van der Waals surface area contributed by atoms with Crippen LogP contribution in [0.2, 0.25) is 0 Å². The van der Waals surface area contributed by atoms with Crippen LogP contribution in [0, 0.1) is 0 Å². The van der Waals surface area contributed by atoms with Gasteiger partial charge in [-0.25, -0.2) is 9.48 Å². The smallest absolute Gasteiger partial charge is 0.336 e. The summed E-state index contributed by atoms with van der Waals surface area (Å²) in [6.07, 6.45) is 4.41. The first kappa shape index (κ1) is 17.2. The van der Waals surface area contributed by atoms with Gasteiger partial charge in [-0.15, -0.1) is 5.10 Å². The third-order valence-corrected chi connectivity index (χ3v) is 3.50. The monoisotopic (exact) mass is 352 g/mol. The van der Waals surface area contributed by atoms with Gasteiger partial charge < -0.3 is 14.2 Å². The van der Waals surface area contributed by atoms with Gasteiger partial charge in [0.1, 0.15) is 23.6 Å². The van der Waals surface area contributed by atoms with E-state index in [1.807, 2.05) is 0 Å². The lowest BCUT2D eigenvalue weighted by Gasteiger charge is -2.07. The Labute approximate surface area is 149 Å². The van der Waals surface area contributed by atoms with Gasteiger partial charge in [0.05, 0.1) is 19.9 Å². The number of ether oxygens (including phenoxy) is 3. The average Bonchev–Trinajstić information content (AvgIpc) is 3.21. The quantitative estimate of drug-likeness (QED) is 0.382. The average molecular weight is 352 g/mol. The summed E-state index contributed by atoms with van der Waals surface area (Å²) in [7, 11) is 3.13. The lowest BCUT2D eigenvalue weighted by molar-refractivity contribution is -0.128. The third-order valence-electron chi connectivity index (χ3n) is 3.50. The lowest BCUT2D eigenvalue weighted by atomic mass is 10.1. The van der Waals surface area contributed by atoms with E-state index in [2.05, 4.69) is 15.5 Å². The molecule has 0 aliphatic carbocycles. The van der Waals surface area contributed by atoms with Crippen LogP contribution in [0.3, 0.4) is 0 Å². The van der Waals surface area contributed by atoms with Gasteiger partial charge in [0, 0.05) is 11.6 Å². The van der Waals surface area contributed by atoms with E-state index in [1.54, 1.807) is 62.8 Å². The Morgan fingerprint density at radius 1 is 1.04 bits per heavy atom. The van der Waals surface area contributed by atoms with Gasteiger partial charge in [0.2, 0.25) is 0 Å². The minimum absolute atomic E-state index is 0.411. The predicted octanol–water partition coefficient (Wildman–Crippen LogP) is 2.30. The lowest BCUT2D eigenvalue weighted by Crippen LogP contribution is -2.04. The molecule has 132 valence electrons. The number of hydrogen-bond donors (Lipinski definition) is 0. The molecule has 8 nitrogen and oxygen atoms in total. The number of tetrazole rings is 1. The molecule has 0 unspecified atom stereocenters. The molecule has 2 aromatic carbocycles. The first-order valence-corrected chi connectivity index (χ1v) is 7.65. The second kappa shape index (κ2) is 7.93. The Hall–Kier alpha value is -3.68. The number of nitrogens with zero attached hydrogens (tertiary/aromatic N) is 4. The maximum atomic E-state index is 12.0. The summed E-state index contributed by atoms with van der Waals surface area (Å²) in [5, 5.41) is 10.9. The van der Waals surface area contributed by atoms with Crippen LogP contribution in [0.25, 0.3) is 11.8 Å². The van der Waals surface area contributed by atoms with Gasteiger partial charge in [-0.1, -0.05) is 0 Å². The zero-order valence-corrected chi connectivity index (χ0v) is 14.2. The molecular weight excluding hydrogens is 336 g/mol. The van der Waals surface area contributed by atoms with Gasteiger partial charge in [0.15, 0.2) is 0 Å². The topological polar surface area (TPSA) is 88.4 Å². The molecule has 1 aromatic heterocycles. The van der Waals surface area contributed by atoms with Crippen molar-refractivity contribution < 1.29 is 19.0 Å². The number of benzene rings is 2. The highest BCUT2D eigenvalue weighted by molar-refractivity contribution is 5.89. The van der Waals surface area contributed by atoms with Gasteiger partial charge in [-0.3, -0.25) is 0 Å². The molecule has 0 saturated carbocycles. The Bertz CT molecular complexity index is 905. The van der Waals surface area contributed by atoms with Crippen molar-refractivity contribution in [1.82, 2.24) is 20.2 Å². The van der Waals surface area contributed by atoms with Crippen molar-refractivity contribution in [2.24, 2.45) is 0 Å². The first-order valence-electron chi connectivity index (χ1n) is 7.65. The zero-order chi connectivity index (χ0) is 18.4. The van der Waals surface area contributed by atoms with Crippen LogP contribution in [0.5, 0.6) is 17.2 Å². The normalized spacial score (nSPS) is 10.7. The number of esters is 1. The zero-order valence-electron chi connectivity index (χ0n) is 14.2. The van der Waals surface area contributed by atoms with Crippen molar-refractivity contribution in [1.29, 1.82) is 0 Å². The minimum atomic E-state index is -0.509. The van der Waals surface area contributed by atoms with Crippen molar-refractivity contribution in [3.63, 3.8) is 0 Å². The molecule has 0 amide bonds. The molecule has 26 heavy (non-hydrogen) atoms. The van der Waals surface area contributed by atoms with Gasteiger partial charge in [-0.05, 0) is 59.0 Å². The number of hydrogen-bond acceptors (Lipinski definition) is 7. The number of aromatic nitrogens is 4. The van der Waals surface area contributed by atoms with Crippen LogP contribution in [0.4, 0.5) is 0 Å². The summed E-state index contributed by atoms with van der Waals surface area (Å²) in [6.45, 7) is 0. The highest BCUT2D eigenvalue weighted by Crippen LogP contribution is 2.25. The molecule has 0 aliphatic rings. The molecule has 0 bridgehead atoms. The number of rotatable bonds is 6. The van der Waals surface area contributed by atoms with E-state index in [-0.39, 0.29) is 0 Å². The van der Waals surface area contributed by atoms with E-state index in [0.29, 0.717) is 22.8 Å². The van der Waals surface area contributed by atoms with Crippen molar-refractivity contribution in [2.45, 2.75) is 0 Å². The van der Waals surface area contributed by atoms with E-state index in [9.17, 15) is 4.79 Å². The molecular formula is C18H16N4O4. The third kappa shape index (κ3) is 4.04. The first-order chi connectivity index (χ1) is 12.7. The molecule has 0 fully saturated rings. The van der Waals surface area contributed by atoms with Crippen LogP contribution < -0.4 is 14.2 Å². The highest BCUT2D eigenvalue weighted by atomic mass is 16.5. The molecule has 3 rings (SSSR count). The van der Waals surface area contributed by atoms with Crippen LogP contribution in [-0.2, 0) is 4.79 Å². The van der Waals surface area contributed by atoms with E-state index in [4.69, 9.17) is 14.2 Å². The van der Waals surface area contributed by atoms with Crippen molar-refractivity contribution >= 4 is 12.0 Å². The van der Waals surface area contributed by atoms with E-state index >= 15 is 0 Å². The van der Waals surface area contributed by atoms with Crippen molar-refractivity contribution in [3.05, 3.63) is 60.4 Å². The summed E-state index contributed by atoms with van der Waals surface area (Å²) in [5.41, 5.74) is 1.46. The van der Waals surface area contributed by atoms with Crippen molar-refractivity contribution in [3.8, 4) is 22.9 Å². The van der Waals surface area contributed by atoms with E-state index in [0.717, 1.165) is 5.69 Å². The van der Waals surface area contributed by atoms with Gasteiger partial charge in [0.25, 0.3) is 0 Å². The Balaban J connectivity index is 1.68. The summed E-state index contributed by atoms with van der Waals surface area (Å²) < 4.78 is 17.2. The number of methoxy groups -OCH3 is 2. The van der Waals surface area contributed by atoms with Crippen LogP contribution >= 0.6 is 0 Å².